The number of thiophene rings is 1. The molecular weight excluding hydrogens is 356 g/mol. The van der Waals surface area contributed by atoms with Gasteiger partial charge in [-0.15, -0.1) is 23.1 Å². The van der Waals surface area contributed by atoms with Crippen LogP contribution in [0.1, 0.15) is 21.8 Å². The second-order valence-electron chi connectivity index (χ2n) is 5.60. The molecule has 25 heavy (non-hydrogen) atoms. The zero-order chi connectivity index (χ0) is 17.8. The normalized spacial score (nSPS) is 11.0. The molecular formula is C17H18N4O2S2. The quantitative estimate of drug-likeness (QED) is 0.692. The first-order valence-corrected chi connectivity index (χ1v) is 9.74. The van der Waals surface area contributed by atoms with Crippen molar-refractivity contribution in [3.05, 3.63) is 56.7 Å². The summed E-state index contributed by atoms with van der Waals surface area (Å²) in [6.07, 6.45) is 3.39. The number of H-pyrrole nitrogens is 1. The predicted octanol–water partition coefficient (Wildman–Crippen LogP) is 2.55. The van der Waals surface area contributed by atoms with Crippen LogP contribution in [0.2, 0.25) is 0 Å². The van der Waals surface area contributed by atoms with Gasteiger partial charge in [0.05, 0.1) is 16.9 Å². The first-order chi connectivity index (χ1) is 12.0. The van der Waals surface area contributed by atoms with Crippen molar-refractivity contribution in [2.45, 2.75) is 26.1 Å². The molecule has 0 aliphatic heterocycles. The van der Waals surface area contributed by atoms with E-state index >= 15 is 0 Å². The van der Waals surface area contributed by atoms with Gasteiger partial charge in [-0.3, -0.25) is 14.6 Å². The van der Waals surface area contributed by atoms with E-state index in [2.05, 4.69) is 20.3 Å². The minimum atomic E-state index is -0.107. The zero-order valence-electron chi connectivity index (χ0n) is 14.0. The third kappa shape index (κ3) is 4.26. The Morgan fingerprint density at radius 2 is 2.08 bits per heavy atom. The maximum Gasteiger partial charge on any atom is 0.259 e. The number of amides is 1. The molecule has 8 heteroatoms. The van der Waals surface area contributed by atoms with Crippen LogP contribution in [0, 0.1) is 13.8 Å². The van der Waals surface area contributed by atoms with E-state index < -0.39 is 0 Å². The predicted molar refractivity (Wildman–Crippen MR) is 102 cm³/mol. The molecule has 2 N–H and O–H groups in total. The Morgan fingerprint density at radius 1 is 1.32 bits per heavy atom. The molecule has 0 unspecified atom stereocenters. The SMILES string of the molecule is Cc1sc2nc(CSCC(=O)NCc3ccncc3)[nH]c(=O)c2c1C. The lowest BCUT2D eigenvalue weighted by molar-refractivity contribution is -0.118. The molecule has 0 fully saturated rings. The van der Waals surface area contributed by atoms with Crippen LogP contribution in [0.3, 0.4) is 0 Å². The number of carbonyl (C=O) groups is 1. The highest BCUT2D eigenvalue weighted by Crippen LogP contribution is 2.26. The van der Waals surface area contributed by atoms with Crippen LogP contribution in [-0.4, -0.2) is 26.6 Å². The third-order valence-corrected chi connectivity index (χ3v) is 5.84. The molecule has 0 aliphatic carbocycles. The standard InChI is InChI=1S/C17H18N4O2S2/c1-10-11(2)25-17-15(10)16(23)20-13(21-17)8-24-9-14(22)19-7-12-3-5-18-6-4-12/h3-6H,7-9H2,1-2H3,(H,19,22)(H,20,21,23). The van der Waals surface area contributed by atoms with Gasteiger partial charge in [-0.2, -0.15) is 0 Å². The maximum absolute atomic E-state index is 12.2. The average molecular weight is 374 g/mol. The van der Waals surface area contributed by atoms with E-state index in [-0.39, 0.29) is 11.5 Å². The van der Waals surface area contributed by atoms with E-state index in [9.17, 15) is 9.59 Å². The van der Waals surface area contributed by atoms with Gasteiger partial charge in [-0.05, 0) is 37.1 Å². The summed E-state index contributed by atoms with van der Waals surface area (Å²) < 4.78 is 0. The van der Waals surface area contributed by atoms with E-state index in [4.69, 9.17) is 0 Å². The molecule has 0 spiro atoms. The van der Waals surface area contributed by atoms with E-state index in [0.29, 0.717) is 29.3 Å². The lowest BCUT2D eigenvalue weighted by Gasteiger charge is -2.05. The summed E-state index contributed by atoms with van der Waals surface area (Å²) in [6, 6.07) is 3.73. The van der Waals surface area contributed by atoms with Crippen molar-refractivity contribution in [1.82, 2.24) is 20.3 Å². The molecule has 0 saturated heterocycles. The van der Waals surface area contributed by atoms with Gasteiger partial charge in [-0.25, -0.2) is 4.98 Å². The Morgan fingerprint density at radius 3 is 2.84 bits per heavy atom. The number of nitrogens with zero attached hydrogens (tertiary/aromatic N) is 2. The minimum Gasteiger partial charge on any atom is -0.351 e. The molecule has 3 heterocycles. The number of thioether (sulfide) groups is 1. The fraction of sp³-hybridized carbons (Fsp3) is 0.294. The lowest BCUT2D eigenvalue weighted by Crippen LogP contribution is -2.24. The Hall–Kier alpha value is -2.19. The topological polar surface area (TPSA) is 87.7 Å². The van der Waals surface area contributed by atoms with Gasteiger partial charge in [-0.1, -0.05) is 0 Å². The van der Waals surface area contributed by atoms with E-state index in [1.807, 2.05) is 26.0 Å². The van der Waals surface area contributed by atoms with Crippen LogP contribution in [0.4, 0.5) is 0 Å². The van der Waals surface area contributed by atoms with Crippen LogP contribution < -0.4 is 10.9 Å². The molecule has 0 radical (unpaired) electrons. The fourth-order valence-electron chi connectivity index (χ4n) is 2.36. The summed E-state index contributed by atoms with van der Waals surface area (Å²) in [7, 11) is 0. The molecule has 3 aromatic heterocycles. The second kappa shape index (κ2) is 7.79. The van der Waals surface area contributed by atoms with Gasteiger partial charge in [0.1, 0.15) is 10.7 Å². The third-order valence-electron chi connectivity index (χ3n) is 3.80. The van der Waals surface area contributed by atoms with Crippen molar-refractivity contribution in [2.75, 3.05) is 5.75 Å². The first kappa shape index (κ1) is 17.6. The van der Waals surface area contributed by atoms with E-state index in [1.54, 1.807) is 12.4 Å². The molecule has 3 aromatic rings. The molecule has 0 bridgehead atoms. The molecule has 0 aliphatic rings. The largest absolute Gasteiger partial charge is 0.351 e. The second-order valence-corrected chi connectivity index (χ2v) is 7.79. The smallest absolute Gasteiger partial charge is 0.259 e. The summed E-state index contributed by atoms with van der Waals surface area (Å²) in [4.78, 5) is 37.2. The van der Waals surface area contributed by atoms with Crippen molar-refractivity contribution in [1.29, 1.82) is 0 Å². The number of aromatic nitrogens is 3. The number of aryl methyl sites for hydroxylation is 2. The number of pyridine rings is 1. The van der Waals surface area contributed by atoms with Crippen LogP contribution >= 0.6 is 23.1 Å². The molecule has 6 nitrogen and oxygen atoms in total. The molecule has 0 aromatic carbocycles. The lowest BCUT2D eigenvalue weighted by atomic mass is 10.2. The Bertz CT molecular complexity index is 950. The van der Waals surface area contributed by atoms with Gasteiger partial charge in [0.15, 0.2) is 0 Å². The minimum absolute atomic E-state index is 0.0481. The molecule has 0 saturated carbocycles. The van der Waals surface area contributed by atoms with Gasteiger partial charge in [0.2, 0.25) is 5.91 Å². The number of rotatable bonds is 6. The highest BCUT2D eigenvalue weighted by molar-refractivity contribution is 7.99. The molecule has 0 atom stereocenters. The highest BCUT2D eigenvalue weighted by Gasteiger charge is 2.12. The van der Waals surface area contributed by atoms with Gasteiger partial charge < -0.3 is 10.3 Å². The van der Waals surface area contributed by atoms with Crippen LogP contribution in [-0.2, 0) is 17.1 Å². The van der Waals surface area contributed by atoms with Gasteiger partial charge in [0, 0.05) is 23.8 Å². The summed E-state index contributed by atoms with van der Waals surface area (Å²) in [6.45, 7) is 4.41. The number of fused-ring (bicyclic) bond motifs is 1. The van der Waals surface area contributed by atoms with Crippen LogP contribution in [0.5, 0.6) is 0 Å². The number of carbonyl (C=O) groups excluding carboxylic acids is 1. The molecule has 3 rings (SSSR count). The van der Waals surface area contributed by atoms with E-state index in [0.717, 1.165) is 20.8 Å². The van der Waals surface area contributed by atoms with Crippen molar-refractivity contribution in [2.24, 2.45) is 0 Å². The number of aromatic amines is 1. The summed E-state index contributed by atoms with van der Waals surface area (Å²) in [5.74, 6) is 1.36. The van der Waals surface area contributed by atoms with Gasteiger partial charge >= 0.3 is 0 Å². The van der Waals surface area contributed by atoms with Crippen LogP contribution in [0.15, 0.2) is 29.3 Å². The van der Waals surface area contributed by atoms with Crippen molar-refractivity contribution < 1.29 is 4.79 Å². The van der Waals surface area contributed by atoms with Crippen LogP contribution in [0.25, 0.3) is 10.2 Å². The van der Waals surface area contributed by atoms with Crippen molar-refractivity contribution in [3.63, 3.8) is 0 Å². The summed E-state index contributed by atoms with van der Waals surface area (Å²) in [5, 5.41) is 3.53. The zero-order valence-corrected chi connectivity index (χ0v) is 15.6. The van der Waals surface area contributed by atoms with Gasteiger partial charge in [0.25, 0.3) is 5.56 Å². The highest BCUT2D eigenvalue weighted by atomic mass is 32.2. The number of hydrogen-bond donors (Lipinski definition) is 2. The first-order valence-electron chi connectivity index (χ1n) is 7.77. The molecule has 130 valence electrons. The summed E-state index contributed by atoms with van der Waals surface area (Å²) in [5.41, 5.74) is 1.89. The summed E-state index contributed by atoms with van der Waals surface area (Å²) >= 11 is 2.95. The monoisotopic (exact) mass is 374 g/mol. The van der Waals surface area contributed by atoms with Crippen molar-refractivity contribution >= 4 is 39.2 Å². The Labute approximate surface area is 153 Å². The van der Waals surface area contributed by atoms with E-state index in [1.165, 1.54) is 23.1 Å². The number of nitrogens with one attached hydrogen (secondary N) is 2. The maximum atomic E-state index is 12.2. The Kier molecular flexibility index (Phi) is 5.50. The Balaban J connectivity index is 1.54. The fourth-order valence-corrected chi connectivity index (χ4v) is 4.13. The number of hydrogen-bond acceptors (Lipinski definition) is 6. The average Bonchev–Trinajstić information content (AvgIpc) is 2.88. The molecule has 1 amide bonds. The van der Waals surface area contributed by atoms with Crippen molar-refractivity contribution in [3.8, 4) is 0 Å².